The van der Waals surface area contributed by atoms with E-state index in [1.165, 1.54) is 18.2 Å². The number of nitrogens with one attached hydrogen (secondary N) is 1. The second-order valence-electron chi connectivity index (χ2n) is 4.35. The summed E-state index contributed by atoms with van der Waals surface area (Å²) in [7, 11) is 0. The minimum Gasteiger partial charge on any atom is -0.451 e. The quantitative estimate of drug-likeness (QED) is 0.776. The summed E-state index contributed by atoms with van der Waals surface area (Å²) in [5, 5.41) is 3.06. The van der Waals surface area contributed by atoms with Gasteiger partial charge in [-0.1, -0.05) is 28.9 Å². The summed E-state index contributed by atoms with van der Waals surface area (Å²) < 4.78 is 46.2. The van der Waals surface area contributed by atoms with E-state index in [0.29, 0.717) is 11.0 Å². The molecule has 0 fully saturated rings. The lowest BCUT2D eigenvalue weighted by Gasteiger charge is -2.10. The van der Waals surface area contributed by atoms with Gasteiger partial charge >= 0.3 is 0 Å². The average molecular weight is 360 g/mol. The van der Waals surface area contributed by atoms with E-state index in [0.717, 1.165) is 18.2 Å². The normalized spacial score (nSPS) is 10.7. The van der Waals surface area contributed by atoms with Crippen LogP contribution in [0.3, 0.4) is 0 Å². The minimum absolute atomic E-state index is 0.161. The zero-order chi connectivity index (χ0) is 15.4. The summed E-state index contributed by atoms with van der Waals surface area (Å²) in [5.74, 6) is -3.39. The molecule has 0 aliphatic heterocycles. The highest BCUT2D eigenvalue weighted by molar-refractivity contribution is 9.10. The van der Waals surface area contributed by atoms with Crippen molar-refractivity contribution in [1.82, 2.24) is 5.32 Å². The molecule has 0 aliphatic rings. The summed E-state index contributed by atoms with van der Waals surface area (Å²) >= 11 is 3.03. The van der Waals surface area contributed by atoms with Gasteiger partial charge in [-0.2, -0.15) is 4.39 Å². The molecule has 0 unspecified atom stereocenters. The van der Waals surface area contributed by atoms with Gasteiger partial charge in [0.05, 0.1) is 0 Å². The summed E-state index contributed by atoms with van der Waals surface area (Å²) in [6, 6.07) is 6.56. The third-order valence-electron chi connectivity index (χ3n) is 2.75. The van der Waals surface area contributed by atoms with E-state index in [9.17, 15) is 13.2 Å². The van der Waals surface area contributed by atoms with Gasteiger partial charge in [0, 0.05) is 11.0 Å². The molecule has 112 valence electrons. The van der Waals surface area contributed by atoms with Gasteiger partial charge < -0.3 is 10.1 Å². The highest BCUT2D eigenvalue weighted by Gasteiger charge is 2.14. The Kier molecular flexibility index (Phi) is 5.25. The monoisotopic (exact) mass is 359 g/mol. The first kappa shape index (κ1) is 15.9. The van der Waals surface area contributed by atoms with Crippen LogP contribution in [0.5, 0.6) is 11.5 Å². The van der Waals surface area contributed by atoms with Crippen LogP contribution in [-0.2, 0) is 6.54 Å². The SMILES string of the molecule is CCNCc1ccc(Oc2cc(Br)cc(F)c2F)c(F)c1. The van der Waals surface area contributed by atoms with E-state index >= 15 is 0 Å². The van der Waals surface area contributed by atoms with Crippen LogP contribution in [0.4, 0.5) is 13.2 Å². The van der Waals surface area contributed by atoms with Gasteiger partial charge in [0.1, 0.15) is 0 Å². The van der Waals surface area contributed by atoms with Gasteiger partial charge in [-0.05, 0) is 36.4 Å². The number of ether oxygens (including phenoxy) is 1. The Balaban J connectivity index is 2.24. The Morgan fingerprint density at radius 1 is 1.05 bits per heavy atom. The molecule has 21 heavy (non-hydrogen) atoms. The molecule has 0 aromatic heterocycles. The van der Waals surface area contributed by atoms with Gasteiger partial charge in [-0.25, -0.2) is 8.78 Å². The van der Waals surface area contributed by atoms with E-state index in [-0.39, 0.29) is 11.5 Å². The van der Waals surface area contributed by atoms with Gasteiger partial charge in [0.25, 0.3) is 0 Å². The number of hydrogen-bond donors (Lipinski definition) is 1. The predicted octanol–water partition coefficient (Wildman–Crippen LogP) is 4.77. The topological polar surface area (TPSA) is 21.3 Å². The van der Waals surface area contributed by atoms with Crippen molar-refractivity contribution in [2.45, 2.75) is 13.5 Å². The van der Waals surface area contributed by atoms with Crippen LogP contribution < -0.4 is 10.1 Å². The van der Waals surface area contributed by atoms with Crippen LogP contribution in [0, 0.1) is 17.5 Å². The number of halogens is 4. The minimum atomic E-state index is -1.16. The zero-order valence-electron chi connectivity index (χ0n) is 11.2. The fourth-order valence-electron chi connectivity index (χ4n) is 1.73. The Morgan fingerprint density at radius 3 is 2.48 bits per heavy atom. The maximum Gasteiger partial charge on any atom is 0.201 e. The molecule has 0 bridgehead atoms. The van der Waals surface area contributed by atoms with Gasteiger partial charge in [0.2, 0.25) is 5.82 Å². The van der Waals surface area contributed by atoms with Crippen LogP contribution in [0.1, 0.15) is 12.5 Å². The van der Waals surface area contributed by atoms with Crippen molar-refractivity contribution in [3.63, 3.8) is 0 Å². The Morgan fingerprint density at radius 2 is 1.81 bits per heavy atom. The van der Waals surface area contributed by atoms with Crippen molar-refractivity contribution >= 4 is 15.9 Å². The van der Waals surface area contributed by atoms with E-state index in [1.54, 1.807) is 6.07 Å². The summed E-state index contributed by atoms with van der Waals surface area (Å²) in [6.07, 6.45) is 0. The molecule has 0 amide bonds. The third-order valence-corrected chi connectivity index (χ3v) is 3.21. The summed E-state index contributed by atoms with van der Waals surface area (Å²) in [4.78, 5) is 0. The summed E-state index contributed by atoms with van der Waals surface area (Å²) in [6.45, 7) is 3.23. The molecule has 2 nitrogen and oxygen atoms in total. The smallest absolute Gasteiger partial charge is 0.201 e. The molecule has 2 rings (SSSR count). The largest absolute Gasteiger partial charge is 0.451 e. The molecule has 0 spiro atoms. The molecule has 2 aromatic rings. The Bertz CT molecular complexity index is 649. The van der Waals surface area contributed by atoms with Crippen LogP contribution in [0.15, 0.2) is 34.8 Å². The number of benzene rings is 2. The lowest BCUT2D eigenvalue weighted by molar-refractivity contribution is 0.396. The van der Waals surface area contributed by atoms with Crippen LogP contribution >= 0.6 is 15.9 Å². The molecular formula is C15H13BrF3NO. The van der Waals surface area contributed by atoms with Gasteiger partial charge in [0.15, 0.2) is 23.1 Å². The highest BCUT2D eigenvalue weighted by Crippen LogP contribution is 2.31. The number of hydrogen-bond acceptors (Lipinski definition) is 2. The van der Waals surface area contributed by atoms with E-state index < -0.39 is 17.5 Å². The average Bonchev–Trinajstić information content (AvgIpc) is 2.44. The third kappa shape index (κ3) is 3.98. The molecule has 0 saturated carbocycles. The standard InChI is InChI=1S/C15H13BrF3NO/c1-2-20-8-9-3-4-13(11(17)5-9)21-14-7-10(16)6-12(18)15(14)19/h3-7,20H,2,8H2,1H3. The second-order valence-corrected chi connectivity index (χ2v) is 5.26. The van der Waals surface area contributed by atoms with E-state index in [4.69, 9.17) is 4.74 Å². The van der Waals surface area contributed by atoms with Gasteiger partial charge in [-0.3, -0.25) is 0 Å². The van der Waals surface area contributed by atoms with Crippen molar-refractivity contribution in [3.8, 4) is 11.5 Å². The van der Waals surface area contributed by atoms with Crippen molar-refractivity contribution in [2.75, 3.05) is 6.54 Å². The maximum atomic E-state index is 13.9. The molecule has 6 heteroatoms. The van der Waals surface area contributed by atoms with Crippen molar-refractivity contribution < 1.29 is 17.9 Å². The summed E-state index contributed by atoms with van der Waals surface area (Å²) in [5.41, 5.74) is 0.739. The fraction of sp³-hybridized carbons (Fsp3) is 0.200. The predicted molar refractivity (Wildman–Crippen MR) is 77.9 cm³/mol. The lowest BCUT2D eigenvalue weighted by Crippen LogP contribution is -2.11. The van der Waals surface area contributed by atoms with Gasteiger partial charge in [-0.15, -0.1) is 0 Å². The molecule has 0 saturated heterocycles. The second kappa shape index (κ2) is 6.95. The fourth-order valence-corrected chi connectivity index (χ4v) is 2.14. The molecule has 0 aliphatic carbocycles. The first-order chi connectivity index (χ1) is 10.0. The molecular weight excluding hydrogens is 347 g/mol. The van der Waals surface area contributed by atoms with Crippen LogP contribution in [0.2, 0.25) is 0 Å². The first-order valence-corrected chi connectivity index (χ1v) is 7.12. The van der Waals surface area contributed by atoms with Crippen LogP contribution in [-0.4, -0.2) is 6.54 Å². The Hall–Kier alpha value is -1.53. The van der Waals surface area contributed by atoms with Crippen molar-refractivity contribution in [3.05, 3.63) is 57.8 Å². The Labute approximate surface area is 129 Å². The lowest BCUT2D eigenvalue weighted by atomic mass is 10.2. The van der Waals surface area contributed by atoms with E-state index in [1.807, 2.05) is 6.92 Å². The molecule has 2 aromatic carbocycles. The van der Waals surface area contributed by atoms with Crippen LogP contribution in [0.25, 0.3) is 0 Å². The number of rotatable bonds is 5. The highest BCUT2D eigenvalue weighted by atomic mass is 79.9. The molecule has 0 radical (unpaired) electrons. The van der Waals surface area contributed by atoms with Crippen molar-refractivity contribution in [1.29, 1.82) is 0 Å². The molecule has 1 N–H and O–H groups in total. The first-order valence-electron chi connectivity index (χ1n) is 6.32. The maximum absolute atomic E-state index is 13.9. The van der Waals surface area contributed by atoms with Crippen molar-refractivity contribution in [2.24, 2.45) is 0 Å². The molecule has 0 heterocycles. The zero-order valence-corrected chi connectivity index (χ0v) is 12.8. The van der Waals surface area contributed by atoms with E-state index in [2.05, 4.69) is 21.2 Å². The molecule has 0 atom stereocenters.